The maximum Gasteiger partial charge on any atom is 0.226 e. The van der Waals surface area contributed by atoms with E-state index in [1.54, 1.807) is 7.11 Å². The van der Waals surface area contributed by atoms with Crippen LogP contribution >= 0.6 is 11.3 Å². The van der Waals surface area contributed by atoms with Gasteiger partial charge in [-0.1, -0.05) is 25.1 Å². The molecule has 0 radical (unpaired) electrons. The van der Waals surface area contributed by atoms with Gasteiger partial charge in [-0.3, -0.25) is 4.79 Å². The van der Waals surface area contributed by atoms with E-state index in [2.05, 4.69) is 10.3 Å². The van der Waals surface area contributed by atoms with Crippen LogP contribution in [0.15, 0.2) is 53.9 Å². The first-order valence-electron chi connectivity index (χ1n) is 9.74. The molecule has 0 aliphatic rings. The number of rotatable bonds is 9. The smallest absolute Gasteiger partial charge is 0.226 e. The number of amides is 1. The minimum Gasteiger partial charge on any atom is -0.496 e. The van der Waals surface area contributed by atoms with Gasteiger partial charge in [0, 0.05) is 16.5 Å². The summed E-state index contributed by atoms with van der Waals surface area (Å²) in [6.07, 6.45) is 1.03. The lowest BCUT2D eigenvalue weighted by atomic mass is 10.0. The monoisotopic (exact) mass is 410 g/mol. The maximum atomic E-state index is 12.6. The van der Waals surface area contributed by atoms with E-state index in [9.17, 15) is 4.79 Å². The number of nitrogens with one attached hydrogen (secondary N) is 1. The Morgan fingerprint density at radius 3 is 2.59 bits per heavy atom. The fraction of sp³-hybridized carbons (Fsp3) is 0.304. The van der Waals surface area contributed by atoms with Gasteiger partial charge in [-0.2, -0.15) is 0 Å². The molecule has 1 amide bonds. The molecule has 1 heterocycles. The molecule has 1 N–H and O–H groups in total. The second-order valence-electron chi connectivity index (χ2n) is 6.55. The van der Waals surface area contributed by atoms with Crippen molar-refractivity contribution in [3.05, 3.63) is 65.2 Å². The molecule has 0 saturated heterocycles. The SMILES string of the molecule is CCOc1ccc(-c2nc(CC(=O)NC(CC)c3ccccc3OC)cs2)cc1. The van der Waals surface area contributed by atoms with Crippen molar-refractivity contribution < 1.29 is 14.3 Å². The molecule has 0 aliphatic carbocycles. The summed E-state index contributed by atoms with van der Waals surface area (Å²) in [7, 11) is 1.64. The van der Waals surface area contributed by atoms with Crippen molar-refractivity contribution in [1.29, 1.82) is 0 Å². The first-order valence-corrected chi connectivity index (χ1v) is 10.6. The van der Waals surface area contributed by atoms with E-state index >= 15 is 0 Å². The second-order valence-corrected chi connectivity index (χ2v) is 7.41. The number of aromatic nitrogens is 1. The number of hydrogen-bond acceptors (Lipinski definition) is 5. The lowest BCUT2D eigenvalue weighted by Gasteiger charge is -2.19. The summed E-state index contributed by atoms with van der Waals surface area (Å²) in [5.41, 5.74) is 2.77. The molecule has 0 spiro atoms. The Hall–Kier alpha value is -2.86. The third kappa shape index (κ3) is 5.35. The Bertz CT molecular complexity index is 937. The molecule has 1 aromatic heterocycles. The molecule has 1 atom stereocenters. The topological polar surface area (TPSA) is 60.5 Å². The molecule has 3 rings (SSSR count). The van der Waals surface area contributed by atoms with E-state index in [0.29, 0.717) is 6.61 Å². The molecule has 0 fully saturated rings. The van der Waals surface area contributed by atoms with Gasteiger partial charge in [0.25, 0.3) is 0 Å². The number of thiazole rings is 1. The zero-order valence-corrected chi connectivity index (χ0v) is 17.8. The Kier molecular flexibility index (Phi) is 7.25. The predicted octanol–water partition coefficient (Wildman–Crippen LogP) is 5.03. The minimum absolute atomic E-state index is 0.0497. The third-order valence-electron chi connectivity index (χ3n) is 4.56. The second kappa shape index (κ2) is 10.1. The van der Waals surface area contributed by atoms with E-state index < -0.39 is 0 Å². The molecular weight excluding hydrogens is 384 g/mol. The van der Waals surface area contributed by atoms with Crippen LogP contribution < -0.4 is 14.8 Å². The van der Waals surface area contributed by atoms with Crippen LogP contribution in [0.1, 0.15) is 37.6 Å². The summed E-state index contributed by atoms with van der Waals surface area (Å²) < 4.78 is 10.9. The highest BCUT2D eigenvalue weighted by atomic mass is 32.1. The lowest BCUT2D eigenvalue weighted by Crippen LogP contribution is -2.29. The summed E-state index contributed by atoms with van der Waals surface area (Å²) in [5, 5.41) is 5.94. The zero-order chi connectivity index (χ0) is 20.6. The molecule has 0 bridgehead atoms. The average Bonchev–Trinajstić information content (AvgIpc) is 3.21. The van der Waals surface area contributed by atoms with Crippen LogP contribution in [0.2, 0.25) is 0 Å². The van der Waals surface area contributed by atoms with Crippen LogP contribution in [0, 0.1) is 0 Å². The van der Waals surface area contributed by atoms with Gasteiger partial charge in [0.05, 0.1) is 31.9 Å². The van der Waals surface area contributed by atoms with E-state index in [4.69, 9.17) is 9.47 Å². The van der Waals surface area contributed by atoms with Crippen LogP contribution in [-0.2, 0) is 11.2 Å². The highest BCUT2D eigenvalue weighted by molar-refractivity contribution is 7.13. The Morgan fingerprint density at radius 1 is 1.14 bits per heavy atom. The molecule has 2 aromatic carbocycles. The average molecular weight is 411 g/mol. The largest absolute Gasteiger partial charge is 0.496 e. The fourth-order valence-corrected chi connectivity index (χ4v) is 3.97. The third-order valence-corrected chi connectivity index (χ3v) is 5.50. The first-order chi connectivity index (χ1) is 14.1. The molecule has 0 saturated carbocycles. The zero-order valence-electron chi connectivity index (χ0n) is 17.0. The Morgan fingerprint density at radius 2 is 1.90 bits per heavy atom. The first kappa shape index (κ1) is 20.9. The lowest BCUT2D eigenvalue weighted by molar-refractivity contribution is -0.121. The minimum atomic E-state index is -0.0946. The summed E-state index contributed by atoms with van der Waals surface area (Å²) >= 11 is 1.54. The molecule has 5 nitrogen and oxygen atoms in total. The normalized spacial score (nSPS) is 11.7. The number of methoxy groups -OCH3 is 1. The van der Waals surface area contributed by atoms with Crippen LogP contribution in [-0.4, -0.2) is 24.6 Å². The molecular formula is C23H26N2O3S. The van der Waals surface area contributed by atoms with E-state index in [-0.39, 0.29) is 18.4 Å². The van der Waals surface area contributed by atoms with Gasteiger partial charge in [-0.15, -0.1) is 11.3 Å². The standard InChI is InChI=1S/C23H26N2O3S/c1-4-20(19-8-6-7-9-21(19)27-3)25-22(26)14-17-15-29-23(24-17)16-10-12-18(13-11-16)28-5-2/h6-13,15,20H,4-5,14H2,1-3H3,(H,25,26). The molecule has 1 unspecified atom stereocenters. The predicted molar refractivity (Wildman–Crippen MR) is 117 cm³/mol. The van der Waals surface area contributed by atoms with Gasteiger partial charge in [0.2, 0.25) is 5.91 Å². The molecule has 152 valence electrons. The van der Waals surface area contributed by atoms with E-state index in [1.807, 2.05) is 67.8 Å². The van der Waals surface area contributed by atoms with Gasteiger partial charge in [0.1, 0.15) is 16.5 Å². The number of carbonyl (C=O) groups is 1. The Balaban J connectivity index is 1.65. The van der Waals surface area contributed by atoms with Crippen molar-refractivity contribution in [3.63, 3.8) is 0 Å². The highest BCUT2D eigenvalue weighted by Crippen LogP contribution is 2.28. The van der Waals surface area contributed by atoms with Gasteiger partial charge in [0.15, 0.2) is 0 Å². The van der Waals surface area contributed by atoms with Gasteiger partial charge in [-0.05, 0) is 43.7 Å². The maximum absolute atomic E-state index is 12.6. The summed E-state index contributed by atoms with van der Waals surface area (Å²) in [4.78, 5) is 17.2. The molecule has 3 aromatic rings. The fourth-order valence-electron chi connectivity index (χ4n) is 3.15. The van der Waals surface area contributed by atoms with Crippen molar-refractivity contribution in [2.45, 2.75) is 32.7 Å². The Labute approximate surface area is 175 Å². The number of ether oxygens (including phenoxy) is 2. The van der Waals surface area contributed by atoms with Crippen LogP contribution in [0.5, 0.6) is 11.5 Å². The van der Waals surface area contributed by atoms with Crippen LogP contribution in [0.25, 0.3) is 10.6 Å². The van der Waals surface area contributed by atoms with Gasteiger partial charge < -0.3 is 14.8 Å². The molecule has 6 heteroatoms. The summed E-state index contributed by atoms with van der Waals surface area (Å²) in [6, 6.07) is 15.5. The molecule has 0 aliphatic heterocycles. The summed E-state index contributed by atoms with van der Waals surface area (Å²) in [6.45, 7) is 4.65. The van der Waals surface area contributed by atoms with Crippen molar-refractivity contribution in [3.8, 4) is 22.1 Å². The van der Waals surface area contributed by atoms with Crippen LogP contribution in [0.4, 0.5) is 0 Å². The number of para-hydroxylation sites is 1. The summed E-state index contributed by atoms with van der Waals surface area (Å²) in [5.74, 6) is 1.58. The number of benzene rings is 2. The quantitative estimate of drug-likeness (QED) is 0.538. The number of carbonyl (C=O) groups excluding carboxylic acids is 1. The van der Waals surface area contributed by atoms with Gasteiger partial charge in [-0.25, -0.2) is 4.98 Å². The molecule has 29 heavy (non-hydrogen) atoms. The number of nitrogens with zero attached hydrogens (tertiary/aromatic N) is 1. The van der Waals surface area contributed by atoms with Crippen molar-refractivity contribution >= 4 is 17.2 Å². The van der Waals surface area contributed by atoms with E-state index in [0.717, 1.165) is 39.7 Å². The van der Waals surface area contributed by atoms with Crippen molar-refractivity contribution in [2.24, 2.45) is 0 Å². The van der Waals surface area contributed by atoms with Crippen LogP contribution in [0.3, 0.4) is 0 Å². The van der Waals surface area contributed by atoms with Gasteiger partial charge >= 0.3 is 0 Å². The number of hydrogen-bond donors (Lipinski definition) is 1. The van der Waals surface area contributed by atoms with Crippen molar-refractivity contribution in [1.82, 2.24) is 10.3 Å². The van der Waals surface area contributed by atoms with Crippen molar-refractivity contribution in [2.75, 3.05) is 13.7 Å². The highest BCUT2D eigenvalue weighted by Gasteiger charge is 2.17. The van der Waals surface area contributed by atoms with E-state index in [1.165, 1.54) is 11.3 Å².